The first-order valence-corrected chi connectivity index (χ1v) is 13.3. The number of hydrogen-bond donors (Lipinski definition) is 0. The number of pyridine rings is 1. The molecule has 0 radical (unpaired) electrons. The van der Waals surface area contributed by atoms with Crippen molar-refractivity contribution in [1.82, 2.24) is 14.2 Å². The molecule has 2 aromatic rings. The fraction of sp³-hybridized carbons (Fsp3) is 0.500. The van der Waals surface area contributed by atoms with Crippen LogP contribution in [-0.4, -0.2) is 85.9 Å². The second kappa shape index (κ2) is 9.09. The highest BCUT2D eigenvalue weighted by Gasteiger charge is 2.53. The number of sulfonamides is 1. The molecule has 1 aromatic carbocycles. The number of hydrogen-bond acceptors (Lipinski definition) is 8. The molecular formula is C24H29N5O6S. The van der Waals surface area contributed by atoms with Gasteiger partial charge in [-0.15, -0.1) is 0 Å². The van der Waals surface area contributed by atoms with E-state index in [9.17, 15) is 23.3 Å². The number of ether oxygens (including phenoxy) is 1. The van der Waals surface area contributed by atoms with Gasteiger partial charge in [0.1, 0.15) is 5.69 Å². The third kappa shape index (κ3) is 4.12. The number of piperazine rings is 1. The summed E-state index contributed by atoms with van der Waals surface area (Å²) in [5.41, 5.74) is 1.06. The van der Waals surface area contributed by atoms with Gasteiger partial charge in [0, 0.05) is 75.3 Å². The lowest BCUT2D eigenvalue weighted by Crippen LogP contribution is -2.64. The number of carbonyl (C=O) groups is 1. The Morgan fingerprint density at radius 1 is 1.11 bits per heavy atom. The summed E-state index contributed by atoms with van der Waals surface area (Å²) < 4.78 is 33.6. The third-order valence-corrected chi connectivity index (χ3v) is 9.70. The van der Waals surface area contributed by atoms with Crippen molar-refractivity contribution in [2.75, 3.05) is 51.3 Å². The van der Waals surface area contributed by atoms with Crippen LogP contribution in [0.25, 0.3) is 0 Å². The van der Waals surface area contributed by atoms with Crippen LogP contribution in [0.1, 0.15) is 28.8 Å². The van der Waals surface area contributed by atoms with Gasteiger partial charge >= 0.3 is 0 Å². The van der Waals surface area contributed by atoms with Gasteiger partial charge in [-0.05, 0) is 44.0 Å². The maximum atomic E-state index is 13.5. The third-order valence-electron chi connectivity index (χ3n) is 7.66. The minimum absolute atomic E-state index is 0.0646. The summed E-state index contributed by atoms with van der Waals surface area (Å²) in [6, 6.07) is 6.28. The lowest BCUT2D eigenvalue weighted by Gasteiger charge is -2.59. The van der Waals surface area contributed by atoms with Gasteiger partial charge in [0.2, 0.25) is 10.0 Å². The second-order valence-electron chi connectivity index (χ2n) is 9.87. The number of methoxy groups -OCH3 is 1. The molecule has 1 aliphatic carbocycles. The Bertz CT molecular complexity index is 1280. The molecule has 0 N–H and O–H groups in total. The first kappa shape index (κ1) is 24.6. The molecule has 0 bridgehead atoms. The number of nitro benzene ring substituents is 1. The van der Waals surface area contributed by atoms with E-state index in [1.54, 1.807) is 30.2 Å². The van der Waals surface area contributed by atoms with Crippen molar-refractivity contribution >= 4 is 27.3 Å². The molecule has 0 unspecified atom stereocenters. The van der Waals surface area contributed by atoms with Crippen molar-refractivity contribution in [3.63, 3.8) is 0 Å². The topological polar surface area (TPSA) is 126 Å². The van der Waals surface area contributed by atoms with Crippen molar-refractivity contribution in [3.05, 3.63) is 57.9 Å². The van der Waals surface area contributed by atoms with E-state index in [1.807, 2.05) is 4.90 Å². The summed E-state index contributed by atoms with van der Waals surface area (Å²) in [6.45, 7) is 3.60. The smallest absolute Gasteiger partial charge is 0.296 e. The fourth-order valence-electron chi connectivity index (χ4n) is 5.64. The van der Waals surface area contributed by atoms with Crippen LogP contribution in [0.15, 0.2) is 41.6 Å². The van der Waals surface area contributed by atoms with E-state index >= 15 is 0 Å². The van der Waals surface area contributed by atoms with E-state index in [4.69, 9.17) is 4.74 Å². The number of benzene rings is 1. The number of aromatic nitrogens is 1. The first-order valence-electron chi connectivity index (χ1n) is 11.9. The van der Waals surface area contributed by atoms with Crippen LogP contribution in [-0.2, 0) is 14.8 Å². The first-order chi connectivity index (χ1) is 17.1. The standard InChI is InChI=1S/C24H29N5O6S/c1-17-21(4-3-20(22(17)29(31)32)27-15-24(16-27)13-19(14-24)35-2)36(33,34)28-11-9-26(10-12-28)23(30)18-5-7-25-8-6-18/h3-8,19H,9-16H2,1-2H3. The van der Waals surface area contributed by atoms with Crippen molar-refractivity contribution < 1.29 is 22.9 Å². The van der Waals surface area contributed by atoms with Gasteiger partial charge in [-0.3, -0.25) is 19.9 Å². The zero-order valence-corrected chi connectivity index (χ0v) is 21.1. The van der Waals surface area contributed by atoms with Gasteiger partial charge in [0.15, 0.2) is 0 Å². The molecule has 3 aliphatic rings. The van der Waals surface area contributed by atoms with Gasteiger partial charge in [0.25, 0.3) is 11.6 Å². The largest absolute Gasteiger partial charge is 0.381 e. The van der Waals surface area contributed by atoms with E-state index in [-0.39, 0.29) is 59.8 Å². The molecule has 1 aromatic heterocycles. The molecule has 11 nitrogen and oxygen atoms in total. The van der Waals surface area contributed by atoms with Crippen molar-refractivity contribution in [3.8, 4) is 0 Å². The predicted octanol–water partition coefficient (Wildman–Crippen LogP) is 2.06. The molecule has 0 atom stereocenters. The maximum absolute atomic E-state index is 13.5. The molecule has 2 aliphatic heterocycles. The lowest BCUT2D eigenvalue weighted by molar-refractivity contribution is -0.385. The minimum atomic E-state index is -3.97. The Morgan fingerprint density at radius 2 is 1.75 bits per heavy atom. The van der Waals surface area contributed by atoms with Gasteiger partial charge in [0.05, 0.1) is 15.9 Å². The Kier molecular flexibility index (Phi) is 6.21. The number of rotatable bonds is 6. The van der Waals surface area contributed by atoms with Crippen molar-refractivity contribution in [1.29, 1.82) is 0 Å². The zero-order valence-electron chi connectivity index (χ0n) is 20.3. The van der Waals surface area contributed by atoms with E-state index in [0.29, 0.717) is 24.3 Å². The summed E-state index contributed by atoms with van der Waals surface area (Å²) in [5, 5.41) is 12.0. The van der Waals surface area contributed by atoms with Crippen LogP contribution < -0.4 is 4.90 Å². The second-order valence-corrected chi connectivity index (χ2v) is 11.8. The highest BCUT2D eigenvalue weighted by Crippen LogP contribution is 2.52. The molecule has 1 amide bonds. The number of anilines is 1. The number of amides is 1. The summed E-state index contributed by atoms with van der Waals surface area (Å²) in [5.74, 6) is -0.179. The van der Waals surface area contributed by atoms with Gasteiger partial charge in [-0.25, -0.2) is 8.42 Å². The maximum Gasteiger partial charge on any atom is 0.296 e. The molecule has 36 heavy (non-hydrogen) atoms. The highest BCUT2D eigenvalue weighted by molar-refractivity contribution is 7.89. The molecule has 3 fully saturated rings. The predicted molar refractivity (Wildman–Crippen MR) is 131 cm³/mol. The van der Waals surface area contributed by atoms with Gasteiger partial charge < -0.3 is 14.5 Å². The zero-order chi connectivity index (χ0) is 25.7. The van der Waals surface area contributed by atoms with Crippen LogP contribution in [0.2, 0.25) is 0 Å². The van der Waals surface area contributed by atoms with Gasteiger partial charge in [-0.1, -0.05) is 0 Å². The van der Waals surface area contributed by atoms with E-state index in [2.05, 4.69) is 4.98 Å². The van der Waals surface area contributed by atoms with Crippen LogP contribution in [0, 0.1) is 22.5 Å². The average Bonchev–Trinajstić information content (AvgIpc) is 2.82. The molecule has 1 saturated carbocycles. The Labute approximate surface area is 209 Å². The van der Waals surface area contributed by atoms with Crippen LogP contribution in [0.3, 0.4) is 0 Å². The average molecular weight is 516 g/mol. The normalized spacial score (nSPS) is 20.2. The lowest BCUT2D eigenvalue weighted by atomic mass is 9.61. The Balaban J connectivity index is 1.32. The number of nitro groups is 1. The summed E-state index contributed by atoms with van der Waals surface area (Å²) >= 11 is 0. The van der Waals surface area contributed by atoms with Crippen LogP contribution in [0.4, 0.5) is 11.4 Å². The summed E-state index contributed by atoms with van der Waals surface area (Å²) in [6.07, 6.45) is 5.20. The number of nitrogens with zero attached hydrogens (tertiary/aromatic N) is 5. The molecule has 3 heterocycles. The monoisotopic (exact) mass is 515 g/mol. The molecule has 2 saturated heterocycles. The van der Waals surface area contributed by atoms with Crippen LogP contribution in [0.5, 0.6) is 0 Å². The van der Waals surface area contributed by atoms with Crippen molar-refractivity contribution in [2.45, 2.75) is 30.8 Å². The van der Waals surface area contributed by atoms with Gasteiger partial charge in [-0.2, -0.15) is 4.31 Å². The summed E-state index contributed by atoms with van der Waals surface area (Å²) in [4.78, 5) is 31.6. The highest BCUT2D eigenvalue weighted by atomic mass is 32.2. The quantitative estimate of drug-likeness (QED) is 0.423. The minimum Gasteiger partial charge on any atom is -0.381 e. The Hall–Kier alpha value is -3.09. The van der Waals surface area contributed by atoms with Crippen molar-refractivity contribution in [2.24, 2.45) is 5.41 Å². The van der Waals surface area contributed by atoms with Crippen LogP contribution >= 0.6 is 0 Å². The molecule has 192 valence electrons. The van der Waals surface area contributed by atoms with E-state index < -0.39 is 14.9 Å². The Morgan fingerprint density at radius 3 is 2.33 bits per heavy atom. The molecule has 12 heteroatoms. The van der Waals surface area contributed by atoms with E-state index in [1.165, 1.54) is 29.7 Å². The molecule has 1 spiro atoms. The SMILES string of the molecule is COC1CC2(C1)CN(c1ccc(S(=O)(=O)N3CCN(C(=O)c4ccncc4)CC3)c(C)c1[N+](=O)[O-])C2. The summed E-state index contributed by atoms with van der Waals surface area (Å²) in [7, 11) is -2.28. The number of carbonyl (C=O) groups excluding carboxylic acids is 1. The molecule has 5 rings (SSSR count). The molecular weight excluding hydrogens is 486 g/mol. The fourth-order valence-corrected chi connectivity index (χ4v) is 7.29. The van der Waals surface area contributed by atoms with E-state index in [0.717, 1.165) is 12.8 Å².